The first-order chi connectivity index (χ1) is 12.4. The molecule has 8 nitrogen and oxygen atoms in total. The van der Waals surface area contributed by atoms with Crippen molar-refractivity contribution in [3.05, 3.63) is 40.6 Å². The summed E-state index contributed by atoms with van der Waals surface area (Å²) in [6, 6.07) is 3.51. The van der Waals surface area contributed by atoms with Gasteiger partial charge in [-0.3, -0.25) is 14.3 Å². The molecule has 1 aliphatic rings. The molecule has 26 heavy (non-hydrogen) atoms. The van der Waals surface area contributed by atoms with Gasteiger partial charge in [0.15, 0.2) is 5.69 Å². The number of aliphatic hydroxyl groups excluding tert-OH is 1. The minimum absolute atomic E-state index is 0.0723. The van der Waals surface area contributed by atoms with Gasteiger partial charge in [0.1, 0.15) is 11.5 Å². The van der Waals surface area contributed by atoms with Gasteiger partial charge < -0.3 is 19.7 Å². The quantitative estimate of drug-likeness (QED) is 0.837. The molecule has 0 aromatic carbocycles. The van der Waals surface area contributed by atoms with Crippen molar-refractivity contribution in [2.45, 2.75) is 39.8 Å². The number of hydrogen-bond donors (Lipinski definition) is 2. The summed E-state index contributed by atoms with van der Waals surface area (Å²) in [6.45, 7) is 7.35. The molecule has 2 amide bonds. The minimum atomic E-state index is -0.328. The van der Waals surface area contributed by atoms with Crippen LogP contribution in [-0.4, -0.2) is 51.3 Å². The van der Waals surface area contributed by atoms with Gasteiger partial charge in [-0.25, -0.2) is 0 Å². The largest absolute Gasteiger partial charge is 0.465 e. The number of nitrogens with one attached hydrogen (secondary N) is 1. The standard InChI is InChI=1S/C18H24N4O4/c1-11(2)16-9-14(12(3)26-16)18(25)21-5-6-22-13(10-21)8-15(20-22)17(24)19-4-7-23/h8-9,11,23H,4-7,10H2,1-3H3,(H,19,24). The lowest BCUT2D eigenvalue weighted by Crippen LogP contribution is -2.38. The van der Waals surface area contributed by atoms with E-state index in [4.69, 9.17) is 9.52 Å². The van der Waals surface area contributed by atoms with Crippen molar-refractivity contribution >= 4 is 11.8 Å². The topological polar surface area (TPSA) is 101 Å². The van der Waals surface area contributed by atoms with E-state index in [1.54, 1.807) is 22.6 Å². The van der Waals surface area contributed by atoms with Crippen LogP contribution in [0.25, 0.3) is 0 Å². The molecule has 0 saturated carbocycles. The molecule has 2 aromatic heterocycles. The zero-order valence-corrected chi connectivity index (χ0v) is 15.3. The molecule has 0 radical (unpaired) electrons. The van der Waals surface area contributed by atoms with Crippen LogP contribution in [0, 0.1) is 6.92 Å². The summed E-state index contributed by atoms with van der Waals surface area (Å²) < 4.78 is 7.44. The fraction of sp³-hybridized carbons (Fsp3) is 0.500. The SMILES string of the molecule is Cc1oc(C(C)C)cc1C(=O)N1CCn2nc(C(=O)NCCO)cc2C1. The van der Waals surface area contributed by atoms with Crippen LogP contribution in [0.2, 0.25) is 0 Å². The third kappa shape index (κ3) is 3.50. The van der Waals surface area contributed by atoms with Crippen molar-refractivity contribution in [1.82, 2.24) is 20.0 Å². The molecule has 0 atom stereocenters. The van der Waals surface area contributed by atoms with Gasteiger partial charge in [-0.1, -0.05) is 13.8 Å². The Morgan fingerprint density at radius 2 is 2.12 bits per heavy atom. The highest BCUT2D eigenvalue weighted by Gasteiger charge is 2.27. The normalized spacial score (nSPS) is 13.8. The second kappa shape index (κ2) is 7.33. The van der Waals surface area contributed by atoms with Crippen LogP contribution in [0.3, 0.4) is 0 Å². The van der Waals surface area contributed by atoms with Gasteiger partial charge in [0.05, 0.1) is 31.0 Å². The Balaban J connectivity index is 1.75. The fourth-order valence-corrected chi connectivity index (χ4v) is 2.98. The van der Waals surface area contributed by atoms with Gasteiger partial charge >= 0.3 is 0 Å². The number of rotatable bonds is 5. The molecule has 0 aliphatic carbocycles. The fourth-order valence-electron chi connectivity index (χ4n) is 2.98. The highest BCUT2D eigenvalue weighted by atomic mass is 16.3. The summed E-state index contributed by atoms with van der Waals surface area (Å²) in [7, 11) is 0. The average molecular weight is 360 g/mol. The second-order valence-corrected chi connectivity index (χ2v) is 6.72. The van der Waals surface area contributed by atoms with E-state index in [1.807, 2.05) is 19.9 Å². The van der Waals surface area contributed by atoms with Crippen molar-refractivity contribution in [2.24, 2.45) is 0 Å². The Labute approximate surface area is 151 Å². The molecular formula is C18H24N4O4. The Bertz CT molecular complexity index is 821. The van der Waals surface area contributed by atoms with Crippen molar-refractivity contribution < 1.29 is 19.1 Å². The minimum Gasteiger partial charge on any atom is -0.465 e. The van der Waals surface area contributed by atoms with Crippen LogP contribution in [0.5, 0.6) is 0 Å². The smallest absolute Gasteiger partial charge is 0.271 e. The number of furan rings is 1. The van der Waals surface area contributed by atoms with Crippen LogP contribution in [-0.2, 0) is 13.1 Å². The van der Waals surface area contributed by atoms with Crippen LogP contribution in [0.1, 0.15) is 57.8 Å². The number of aromatic nitrogens is 2. The highest BCUT2D eigenvalue weighted by molar-refractivity contribution is 5.95. The van der Waals surface area contributed by atoms with E-state index in [0.29, 0.717) is 36.7 Å². The van der Waals surface area contributed by atoms with Crippen LogP contribution in [0.4, 0.5) is 0 Å². The van der Waals surface area contributed by atoms with Crippen molar-refractivity contribution in [3.8, 4) is 0 Å². The van der Waals surface area contributed by atoms with E-state index < -0.39 is 0 Å². The van der Waals surface area contributed by atoms with Gasteiger partial charge in [-0.2, -0.15) is 5.10 Å². The molecule has 140 valence electrons. The maximum absolute atomic E-state index is 12.9. The molecule has 0 saturated heterocycles. The second-order valence-electron chi connectivity index (χ2n) is 6.72. The lowest BCUT2D eigenvalue weighted by molar-refractivity contribution is 0.0703. The predicted molar refractivity (Wildman–Crippen MR) is 93.9 cm³/mol. The molecular weight excluding hydrogens is 336 g/mol. The lowest BCUT2D eigenvalue weighted by Gasteiger charge is -2.27. The van der Waals surface area contributed by atoms with Gasteiger partial charge in [-0.15, -0.1) is 0 Å². The number of nitrogens with zero attached hydrogens (tertiary/aromatic N) is 3. The van der Waals surface area contributed by atoms with Crippen molar-refractivity contribution in [2.75, 3.05) is 19.7 Å². The summed E-state index contributed by atoms with van der Waals surface area (Å²) in [5.41, 5.74) is 1.69. The number of aliphatic hydroxyl groups is 1. The van der Waals surface area contributed by atoms with E-state index in [-0.39, 0.29) is 30.9 Å². The third-order valence-electron chi connectivity index (χ3n) is 4.45. The average Bonchev–Trinajstić information content (AvgIpc) is 3.22. The van der Waals surface area contributed by atoms with E-state index >= 15 is 0 Å². The summed E-state index contributed by atoms with van der Waals surface area (Å²) in [5.74, 6) is 1.25. The first-order valence-corrected chi connectivity index (χ1v) is 8.76. The van der Waals surface area contributed by atoms with Crippen LogP contribution < -0.4 is 5.32 Å². The highest BCUT2D eigenvalue weighted by Crippen LogP contribution is 2.24. The van der Waals surface area contributed by atoms with Gasteiger partial charge in [-0.05, 0) is 19.1 Å². The van der Waals surface area contributed by atoms with E-state index in [1.165, 1.54) is 0 Å². The number of carbonyl (C=O) groups excluding carboxylic acids is 2. The Kier molecular flexibility index (Phi) is 5.13. The van der Waals surface area contributed by atoms with E-state index in [0.717, 1.165) is 11.5 Å². The summed E-state index contributed by atoms with van der Waals surface area (Å²) in [6.07, 6.45) is 0. The maximum Gasteiger partial charge on any atom is 0.271 e. The molecule has 0 unspecified atom stereocenters. The Morgan fingerprint density at radius 1 is 1.35 bits per heavy atom. The van der Waals surface area contributed by atoms with Gasteiger partial charge in [0.2, 0.25) is 0 Å². The van der Waals surface area contributed by atoms with Gasteiger partial charge in [0, 0.05) is 19.0 Å². The predicted octanol–water partition coefficient (Wildman–Crippen LogP) is 1.29. The van der Waals surface area contributed by atoms with Crippen molar-refractivity contribution in [3.63, 3.8) is 0 Å². The summed E-state index contributed by atoms with van der Waals surface area (Å²) in [5, 5.41) is 15.7. The molecule has 3 rings (SSSR count). The van der Waals surface area contributed by atoms with E-state index in [9.17, 15) is 9.59 Å². The molecule has 0 bridgehead atoms. The molecule has 0 spiro atoms. The van der Waals surface area contributed by atoms with Crippen LogP contribution >= 0.6 is 0 Å². The van der Waals surface area contributed by atoms with E-state index in [2.05, 4.69) is 10.4 Å². The number of aryl methyl sites for hydroxylation is 1. The number of fused-ring (bicyclic) bond motifs is 1. The molecule has 1 aliphatic heterocycles. The zero-order chi connectivity index (χ0) is 18.8. The Hall–Kier alpha value is -2.61. The van der Waals surface area contributed by atoms with Gasteiger partial charge in [0.25, 0.3) is 11.8 Å². The summed E-state index contributed by atoms with van der Waals surface area (Å²) in [4.78, 5) is 26.6. The first kappa shape index (κ1) is 18.2. The summed E-state index contributed by atoms with van der Waals surface area (Å²) >= 11 is 0. The molecule has 8 heteroatoms. The number of amides is 2. The third-order valence-corrected chi connectivity index (χ3v) is 4.45. The molecule has 2 N–H and O–H groups in total. The molecule has 2 aromatic rings. The number of hydrogen-bond acceptors (Lipinski definition) is 5. The Morgan fingerprint density at radius 3 is 2.77 bits per heavy atom. The first-order valence-electron chi connectivity index (χ1n) is 8.76. The van der Waals surface area contributed by atoms with Crippen LogP contribution in [0.15, 0.2) is 16.5 Å². The number of carbonyl (C=O) groups is 2. The van der Waals surface area contributed by atoms with Crippen molar-refractivity contribution in [1.29, 1.82) is 0 Å². The molecule has 3 heterocycles. The molecule has 0 fully saturated rings. The maximum atomic E-state index is 12.9. The zero-order valence-electron chi connectivity index (χ0n) is 15.3. The monoisotopic (exact) mass is 360 g/mol. The lowest BCUT2D eigenvalue weighted by atomic mass is 10.1.